The molecule has 0 aliphatic carbocycles. The average molecular weight is 312 g/mol. The standard InChI is InChI=1S/C17H17FN4O/c18-7-9-23-14-4-5-15(20-10-14)16-12-22-11-13(6-8-19)2-1-3-17(22)21-16/h1,3-5,8,10-12,19H,2,6-7,9H2. The van der Waals surface area contributed by atoms with E-state index in [0.717, 1.165) is 29.2 Å². The van der Waals surface area contributed by atoms with Gasteiger partial charge in [0.15, 0.2) is 0 Å². The smallest absolute Gasteiger partial charge is 0.137 e. The van der Waals surface area contributed by atoms with Crippen LogP contribution in [0.15, 0.2) is 36.2 Å². The number of imidazole rings is 1. The number of hydrogen-bond acceptors (Lipinski definition) is 4. The molecule has 0 aromatic carbocycles. The van der Waals surface area contributed by atoms with Crippen LogP contribution in [0.2, 0.25) is 0 Å². The molecule has 3 rings (SSSR count). The maximum absolute atomic E-state index is 12.1. The van der Waals surface area contributed by atoms with E-state index < -0.39 is 6.67 Å². The average Bonchev–Trinajstić information content (AvgIpc) is 2.87. The minimum atomic E-state index is -0.522. The second kappa shape index (κ2) is 7.00. The molecular weight excluding hydrogens is 295 g/mol. The molecule has 3 heterocycles. The van der Waals surface area contributed by atoms with E-state index in [1.165, 1.54) is 6.21 Å². The van der Waals surface area contributed by atoms with Gasteiger partial charge in [0.2, 0.25) is 0 Å². The number of nitrogens with zero attached hydrogens (tertiary/aromatic N) is 3. The largest absolute Gasteiger partial charge is 0.489 e. The lowest BCUT2D eigenvalue weighted by atomic mass is 10.1. The Balaban J connectivity index is 1.85. The zero-order chi connectivity index (χ0) is 16.1. The summed E-state index contributed by atoms with van der Waals surface area (Å²) >= 11 is 0. The zero-order valence-electron chi connectivity index (χ0n) is 12.6. The van der Waals surface area contributed by atoms with Gasteiger partial charge >= 0.3 is 0 Å². The summed E-state index contributed by atoms with van der Waals surface area (Å²) in [7, 11) is 0. The van der Waals surface area contributed by atoms with E-state index in [1.807, 2.05) is 35.2 Å². The molecular formula is C17H17FN4O. The third kappa shape index (κ3) is 3.53. The normalized spacial score (nSPS) is 13.2. The Kier molecular flexibility index (Phi) is 4.61. The molecule has 23 heavy (non-hydrogen) atoms. The first-order valence-electron chi connectivity index (χ1n) is 7.39. The van der Waals surface area contributed by atoms with E-state index in [0.29, 0.717) is 12.2 Å². The molecule has 0 atom stereocenters. The summed E-state index contributed by atoms with van der Waals surface area (Å²) in [4.78, 5) is 8.90. The Morgan fingerprint density at radius 3 is 3.00 bits per heavy atom. The molecule has 1 N–H and O–H groups in total. The molecule has 0 spiro atoms. The fourth-order valence-corrected chi connectivity index (χ4v) is 2.36. The maximum Gasteiger partial charge on any atom is 0.137 e. The highest BCUT2D eigenvalue weighted by molar-refractivity contribution is 5.64. The molecule has 0 saturated heterocycles. The molecule has 0 fully saturated rings. The lowest BCUT2D eigenvalue weighted by molar-refractivity contribution is 0.272. The van der Waals surface area contributed by atoms with Crippen molar-refractivity contribution in [3.8, 4) is 17.1 Å². The van der Waals surface area contributed by atoms with Crippen molar-refractivity contribution in [2.45, 2.75) is 12.8 Å². The third-order valence-electron chi connectivity index (χ3n) is 3.44. The summed E-state index contributed by atoms with van der Waals surface area (Å²) in [5.41, 5.74) is 2.64. The fourth-order valence-electron chi connectivity index (χ4n) is 2.36. The first-order chi connectivity index (χ1) is 11.3. The lowest BCUT2D eigenvalue weighted by Crippen LogP contribution is -1.98. The SMILES string of the molecule is N=CCC1=Cn2cc(-c3ccc(OCCF)cn3)nc2C=CC1. The van der Waals surface area contributed by atoms with Crippen LogP contribution in [0.25, 0.3) is 23.7 Å². The Hall–Kier alpha value is -2.76. The highest BCUT2D eigenvalue weighted by Gasteiger charge is 2.10. The minimum absolute atomic E-state index is 0.0329. The summed E-state index contributed by atoms with van der Waals surface area (Å²) in [6.07, 6.45) is 12.4. The van der Waals surface area contributed by atoms with Crippen LogP contribution in [0, 0.1) is 5.41 Å². The predicted molar refractivity (Wildman–Crippen MR) is 88.3 cm³/mol. The molecule has 5 nitrogen and oxygen atoms in total. The van der Waals surface area contributed by atoms with Gasteiger partial charge in [-0.15, -0.1) is 0 Å². The molecule has 118 valence electrons. The van der Waals surface area contributed by atoms with E-state index >= 15 is 0 Å². The van der Waals surface area contributed by atoms with Crippen molar-refractivity contribution in [1.29, 1.82) is 5.41 Å². The maximum atomic E-state index is 12.1. The zero-order valence-corrected chi connectivity index (χ0v) is 12.6. The van der Waals surface area contributed by atoms with Crippen LogP contribution in [0.3, 0.4) is 0 Å². The van der Waals surface area contributed by atoms with Gasteiger partial charge in [0.25, 0.3) is 0 Å². The van der Waals surface area contributed by atoms with Gasteiger partial charge in [-0.25, -0.2) is 9.37 Å². The summed E-state index contributed by atoms with van der Waals surface area (Å²) in [5, 5.41) is 7.24. The summed E-state index contributed by atoms with van der Waals surface area (Å²) in [6, 6.07) is 3.57. The molecule has 0 radical (unpaired) electrons. The molecule has 0 amide bonds. The molecule has 2 aromatic rings. The predicted octanol–water partition coefficient (Wildman–Crippen LogP) is 3.59. The van der Waals surface area contributed by atoms with E-state index in [-0.39, 0.29) is 6.61 Å². The van der Waals surface area contributed by atoms with Crippen LogP contribution in [-0.4, -0.2) is 34.0 Å². The number of hydrogen-bond donors (Lipinski definition) is 1. The highest BCUT2D eigenvalue weighted by atomic mass is 19.1. The monoisotopic (exact) mass is 312 g/mol. The Labute approximate surface area is 133 Å². The Morgan fingerprint density at radius 2 is 2.26 bits per heavy atom. The van der Waals surface area contributed by atoms with Gasteiger partial charge in [0, 0.05) is 18.8 Å². The molecule has 0 bridgehead atoms. The van der Waals surface area contributed by atoms with Crippen molar-refractivity contribution in [2.75, 3.05) is 13.3 Å². The van der Waals surface area contributed by atoms with Crippen LogP contribution in [0.4, 0.5) is 4.39 Å². The van der Waals surface area contributed by atoms with Crippen molar-refractivity contribution in [3.63, 3.8) is 0 Å². The quantitative estimate of drug-likeness (QED) is 0.829. The van der Waals surface area contributed by atoms with Crippen LogP contribution in [0.1, 0.15) is 18.7 Å². The van der Waals surface area contributed by atoms with Crippen molar-refractivity contribution < 1.29 is 9.13 Å². The third-order valence-corrected chi connectivity index (χ3v) is 3.44. The summed E-state index contributed by atoms with van der Waals surface area (Å²) < 4.78 is 19.2. The second-order valence-corrected chi connectivity index (χ2v) is 5.11. The first-order valence-corrected chi connectivity index (χ1v) is 7.39. The number of fused-ring (bicyclic) bond motifs is 1. The highest BCUT2D eigenvalue weighted by Crippen LogP contribution is 2.23. The van der Waals surface area contributed by atoms with E-state index in [4.69, 9.17) is 10.1 Å². The number of nitrogens with one attached hydrogen (secondary N) is 1. The summed E-state index contributed by atoms with van der Waals surface area (Å²) in [6.45, 7) is -0.489. The van der Waals surface area contributed by atoms with Gasteiger partial charge in [0.1, 0.15) is 30.5 Å². The van der Waals surface area contributed by atoms with Crippen LogP contribution >= 0.6 is 0 Å². The van der Waals surface area contributed by atoms with E-state index in [1.54, 1.807) is 12.3 Å². The minimum Gasteiger partial charge on any atom is -0.489 e. The Morgan fingerprint density at radius 1 is 1.35 bits per heavy atom. The van der Waals surface area contributed by atoms with Gasteiger partial charge in [-0.05, 0) is 36.4 Å². The topological polar surface area (TPSA) is 63.8 Å². The van der Waals surface area contributed by atoms with Crippen molar-refractivity contribution >= 4 is 18.5 Å². The van der Waals surface area contributed by atoms with Gasteiger partial charge < -0.3 is 14.7 Å². The number of alkyl halides is 1. The molecule has 1 aliphatic heterocycles. The second-order valence-electron chi connectivity index (χ2n) is 5.11. The van der Waals surface area contributed by atoms with Crippen molar-refractivity contribution in [2.24, 2.45) is 0 Å². The molecule has 0 unspecified atom stereocenters. The van der Waals surface area contributed by atoms with Gasteiger partial charge in [0.05, 0.1) is 11.9 Å². The Bertz CT molecular complexity index is 746. The van der Waals surface area contributed by atoms with E-state index in [2.05, 4.69) is 9.97 Å². The van der Waals surface area contributed by atoms with Crippen LogP contribution in [0.5, 0.6) is 5.75 Å². The number of aromatic nitrogens is 3. The number of rotatable bonds is 6. The molecule has 1 aliphatic rings. The fraction of sp³-hybridized carbons (Fsp3) is 0.235. The van der Waals surface area contributed by atoms with Crippen molar-refractivity contribution in [1.82, 2.24) is 14.5 Å². The van der Waals surface area contributed by atoms with Gasteiger partial charge in [-0.2, -0.15) is 0 Å². The molecule has 6 heteroatoms. The van der Waals surface area contributed by atoms with Gasteiger partial charge in [-0.3, -0.25) is 4.98 Å². The molecule has 2 aromatic heterocycles. The number of allylic oxidation sites excluding steroid dienone is 2. The molecule has 0 saturated carbocycles. The number of halogens is 1. The number of ether oxygens (including phenoxy) is 1. The van der Waals surface area contributed by atoms with Crippen LogP contribution < -0.4 is 4.74 Å². The van der Waals surface area contributed by atoms with Crippen LogP contribution in [-0.2, 0) is 0 Å². The summed E-state index contributed by atoms with van der Waals surface area (Å²) in [5.74, 6) is 1.37. The first kappa shape index (κ1) is 15.1. The number of pyridine rings is 1. The van der Waals surface area contributed by atoms with Gasteiger partial charge in [-0.1, -0.05) is 6.08 Å². The van der Waals surface area contributed by atoms with Crippen molar-refractivity contribution in [3.05, 3.63) is 42.0 Å². The van der Waals surface area contributed by atoms with E-state index in [9.17, 15) is 4.39 Å². The lowest BCUT2D eigenvalue weighted by Gasteiger charge is -2.03.